The molecule has 0 saturated carbocycles. The van der Waals surface area contributed by atoms with Gasteiger partial charge in [-0.2, -0.15) is 0 Å². The molecule has 0 aromatic heterocycles. The summed E-state index contributed by atoms with van der Waals surface area (Å²) >= 11 is 0. The van der Waals surface area contributed by atoms with Crippen LogP contribution in [-0.2, 0) is 18.9 Å². The minimum Gasteiger partial charge on any atom is -0.387 e. The van der Waals surface area contributed by atoms with Crippen LogP contribution in [-0.4, -0.2) is 54.6 Å². The van der Waals surface area contributed by atoms with Gasteiger partial charge in [-0.25, -0.2) is 0 Å². The molecule has 0 unspecified atom stereocenters. The van der Waals surface area contributed by atoms with Gasteiger partial charge in [0.2, 0.25) is 0 Å². The molecule has 0 amide bonds. The van der Waals surface area contributed by atoms with E-state index in [9.17, 15) is 10.2 Å². The summed E-state index contributed by atoms with van der Waals surface area (Å²) in [5, 5.41) is 20.3. The Balaban J connectivity index is 1.81. The second-order valence-electron chi connectivity index (χ2n) is 4.78. The molecule has 1 aromatic rings. The lowest BCUT2D eigenvalue weighted by Crippen LogP contribution is -2.62. The van der Waals surface area contributed by atoms with E-state index < -0.39 is 37.0 Å². The van der Waals surface area contributed by atoms with E-state index >= 15 is 0 Å². The van der Waals surface area contributed by atoms with Gasteiger partial charge in [0, 0.05) is 12.7 Å². The van der Waals surface area contributed by atoms with Crippen molar-refractivity contribution in [3.8, 4) is 0 Å². The van der Waals surface area contributed by atoms with Crippen LogP contribution in [0.25, 0.3) is 0 Å². The average molecular weight is 283 g/mol. The van der Waals surface area contributed by atoms with Crippen LogP contribution >= 0.6 is 0 Å². The third kappa shape index (κ3) is 2.46. The first-order chi connectivity index (χ1) is 10.0. The Labute approximate surface area is 118 Å². The molecule has 6 heteroatoms. The van der Waals surface area contributed by atoms with Crippen LogP contribution in [0.3, 0.4) is 0 Å². The summed E-state index contributed by atoms with van der Waals surface area (Å²) in [4.78, 5) is 0. The maximum Gasteiger partial charge on any atom is 0.186 e. The second-order valence-corrected chi connectivity index (χ2v) is 4.78. The summed E-state index contributed by atoms with van der Waals surface area (Å²) in [7, 11) is 1.33. The summed E-state index contributed by atoms with van der Waals surface area (Å²) in [5.74, 6) is 0. The Bertz CT molecular complexity index is 482. The number of aliphatic hydroxyl groups is 2. The molecular weight excluding hydrogens is 264 g/mol. The van der Waals surface area contributed by atoms with Crippen molar-refractivity contribution in [2.75, 3.05) is 13.7 Å². The Morgan fingerprint density at radius 2 is 2.00 bits per heavy atom. The summed E-state index contributed by atoms with van der Waals surface area (Å²) < 4.78 is 29.6. The topological polar surface area (TPSA) is 77.4 Å². The molecule has 0 aliphatic carbocycles. The van der Waals surface area contributed by atoms with E-state index in [0.29, 0.717) is 0 Å². The lowest BCUT2D eigenvalue weighted by molar-refractivity contribution is -0.358. The predicted octanol–water partition coefficient (Wildman–Crippen LogP) is 0.194. The number of fused-ring (bicyclic) bond motifs is 1. The van der Waals surface area contributed by atoms with Gasteiger partial charge in [-0.1, -0.05) is 30.3 Å². The van der Waals surface area contributed by atoms with Crippen molar-refractivity contribution in [1.29, 1.82) is 0 Å². The van der Waals surface area contributed by atoms with Crippen LogP contribution in [0.15, 0.2) is 30.3 Å². The second kappa shape index (κ2) is 5.77. The molecule has 2 heterocycles. The van der Waals surface area contributed by atoms with Crippen LogP contribution in [0.1, 0.15) is 13.2 Å². The van der Waals surface area contributed by atoms with Crippen molar-refractivity contribution in [2.45, 2.75) is 37.0 Å². The predicted molar refractivity (Wildman–Crippen MR) is 67.7 cm³/mol. The first-order valence-electron chi connectivity index (χ1n) is 6.94. The van der Waals surface area contributed by atoms with E-state index in [4.69, 9.17) is 20.3 Å². The molecule has 0 spiro atoms. The molecule has 2 N–H and O–H groups in total. The van der Waals surface area contributed by atoms with Gasteiger partial charge in [0.05, 0.1) is 7.98 Å². The van der Waals surface area contributed by atoms with Crippen LogP contribution < -0.4 is 0 Å². The zero-order chi connectivity index (χ0) is 15.0. The summed E-state index contributed by atoms with van der Waals surface area (Å²) in [5.41, 5.74) is 0.773. The first-order valence-corrected chi connectivity index (χ1v) is 6.44. The normalized spacial score (nSPS) is 45.5. The molecule has 6 nitrogen and oxygen atoms in total. The first kappa shape index (κ1) is 12.7. The fourth-order valence-corrected chi connectivity index (χ4v) is 2.42. The number of aliphatic hydroxyl groups excluding tert-OH is 1. The molecule has 2 saturated heterocycles. The third-order valence-electron chi connectivity index (χ3n) is 3.49. The van der Waals surface area contributed by atoms with E-state index in [1.54, 1.807) is 0 Å². The number of ether oxygens (including phenoxy) is 4. The maximum atomic E-state index is 10.3. The summed E-state index contributed by atoms with van der Waals surface area (Å²) in [6, 6.07) is 9.20. The molecule has 20 heavy (non-hydrogen) atoms. The largest absolute Gasteiger partial charge is 0.387 e. The Kier molecular flexibility index (Phi) is 3.66. The third-order valence-corrected chi connectivity index (χ3v) is 3.49. The molecule has 2 fully saturated rings. The number of hydrogen-bond donors (Lipinski definition) is 2. The number of hydrogen-bond acceptors (Lipinski definition) is 6. The van der Waals surface area contributed by atoms with Crippen molar-refractivity contribution in [3.63, 3.8) is 0 Å². The average Bonchev–Trinajstić information content (AvgIpc) is 2.52. The highest BCUT2D eigenvalue weighted by Crippen LogP contribution is 2.33. The fraction of sp³-hybridized carbons (Fsp3) is 0.571. The zero-order valence-corrected chi connectivity index (χ0v) is 11.0. The summed E-state index contributed by atoms with van der Waals surface area (Å²) in [6.45, 7) is 0.137. The van der Waals surface area contributed by atoms with Crippen molar-refractivity contribution in [3.05, 3.63) is 35.9 Å². The number of methoxy groups -OCH3 is 1. The Morgan fingerprint density at radius 1 is 1.25 bits per heavy atom. The van der Waals surface area contributed by atoms with Crippen molar-refractivity contribution in [1.82, 2.24) is 0 Å². The SMILES string of the molecule is [2H][C@]1(O)[C@@H]2O[C@H](c3ccccc3)OC[C@H]2O[C@H](OC)[C@@H]1O. The lowest BCUT2D eigenvalue weighted by Gasteiger charge is -2.45. The molecule has 110 valence electrons. The smallest absolute Gasteiger partial charge is 0.186 e. The van der Waals surface area contributed by atoms with Gasteiger partial charge in [-0.3, -0.25) is 0 Å². The van der Waals surface area contributed by atoms with Crippen LogP contribution in [0.2, 0.25) is 0 Å². The van der Waals surface area contributed by atoms with Gasteiger partial charge >= 0.3 is 0 Å². The highest BCUT2D eigenvalue weighted by molar-refractivity contribution is 5.16. The van der Waals surface area contributed by atoms with Gasteiger partial charge in [0.25, 0.3) is 0 Å². The molecule has 2 aliphatic heterocycles. The Morgan fingerprint density at radius 3 is 2.70 bits per heavy atom. The van der Waals surface area contributed by atoms with E-state index in [1.165, 1.54) is 7.11 Å². The molecule has 2 aliphatic rings. The highest BCUT2D eigenvalue weighted by atomic mass is 16.7. The van der Waals surface area contributed by atoms with Gasteiger partial charge in [-0.05, 0) is 0 Å². The molecule has 0 radical (unpaired) electrons. The zero-order valence-electron chi connectivity index (χ0n) is 12.0. The van der Waals surface area contributed by atoms with Crippen LogP contribution in [0, 0.1) is 0 Å². The molecule has 1 aromatic carbocycles. The number of benzene rings is 1. The quantitative estimate of drug-likeness (QED) is 0.807. The monoisotopic (exact) mass is 283 g/mol. The lowest BCUT2D eigenvalue weighted by atomic mass is 9.98. The molecule has 6 atom stereocenters. The molecular formula is C14H18O6. The van der Waals surface area contributed by atoms with Crippen molar-refractivity contribution in [2.24, 2.45) is 0 Å². The molecule has 0 bridgehead atoms. The van der Waals surface area contributed by atoms with Crippen molar-refractivity contribution >= 4 is 0 Å². The standard InChI is InChI=1S/C14H18O6/c1-17-14-11(16)10(15)12-9(19-14)7-18-13(20-12)8-5-3-2-4-6-8/h2-6,9-16H,7H2,1H3/t9-,10-,11-,12-,13-,14+/m1/s1/i10D. The van der Waals surface area contributed by atoms with Gasteiger partial charge < -0.3 is 29.2 Å². The fourth-order valence-electron chi connectivity index (χ4n) is 2.42. The Hall–Kier alpha value is -1.02. The minimum absolute atomic E-state index is 0.137. The molecule has 3 rings (SSSR count). The van der Waals surface area contributed by atoms with E-state index in [2.05, 4.69) is 0 Å². The van der Waals surface area contributed by atoms with Crippen molar-refractivity contribution < 1.29 is 30.5 Å². The van der Waals surface area contributed by atoms with Crippen LogP contribution in [0.5, 0.6) is 0 Å². The van der Waals surface area contributed by atoms with E-state index in [0.717, 1.165) is 5.56 Å². The van der Waals surface area contributed by atoms with Gasteiger partial charge in [0.1, 0.15) is 24.4 Å². The van der Waals surface area contributed by atoms with Gasteiger partial charge in [-0.15, -0.1) is 0 Å². The van der Waals surface area contributed by atoms with Crippen LogP contribution in [0.4, 0.5) is 0 Å². The maximum absolute atomic E-state index is 10.3. The minimum atomic E-state index is -2.24. The highest BCUT2D eigenvalue weighted by Gasteiger charge is 2.48. The number of rotatable bonds is 2. The van der Waals surface area contributed by atoms with E-state index in [1.807, 2.05) is 30.3 Å². The summed E-state index contributed by atoms with van der Waals surface area (Å²) in [6.07, 6.45) is -7.27. The van der Waals surface area contributed by atoms with Gasteiger partial charge in [0.15, 0.2) is 12.6 Å². The van der Waals surface area contributed by atoms with E-state index in [-0.39, 0.29) is 6.61 Å².